The number of anilines is 1. The molecule has 0 radical (unpaired) electrons. The molecule has 9 nitrogen and oxygen atoms in total. The molecule has 1 saturated heterocycles. The van der Waals surface area contributed by atoms with E-state index in [0.29, 0.717) is 6.54 Å². The van der Waals surface area contributed by atoms with Crippen molar-refractivity contribution in [2.45, 2.75) is 4.90 Å². The Bertz CT molecular complexity index is 874. The summed E-state index contributed by atoms with van der Waals surface area (Å²) in [7, 11) is -1.82. The molecule has 1 aliphatic rings. The van der Waals surface area contributed by atoms with Crippen LogP contribution in [-0.4, -0.2) is 75.6 Å². The van der Waals surface area contributed by atoms with Gasteiger partial charge in [0.15, 0.2) is 5.96 Å². The Balaban J connectivity index is 0.00000300. The molecule has 0 amide bonds. The number of guanidine groups is 1. The number of aromatic nitrogens is 2. The lowest BCUT2D eigenvalue weighted by molar-refractivity contribution is 0.372. The van der Waals surface area contributed by atoms with Crippen molar-refractivity contribution in [3.8, 4) is 0 Å². The predicted octanol–water partition coefficient (Wildman–Crippen LogP) is 0.771. The van der Waals surface area contributed by atoms with Crippen molar-refractivity contribution in [1.82, 2.24) is 24.9 Å². The molecule has 2 N–H and O–H groups in total. The summed E-state index contributed by atoms with van der Waals surface area (Å²) in [5.41, 5.74) is 0. The Morgan fingerprint density at radius 2 is 1.90 bits per heavy atom. The van der Waals surface area contributed by atoms with Gasteiger partial charge in [-0.05, 0) is 24.3 Å². The van der Waals surface area contributed by atoms with Crippen molar-refractivity contribution < 1.29 is 8.42 Å². The van der Waals surface area contributed by atoms with Gasteiger partial charge in [-0.2, -0.15) is 0 Å². The minimum absolute atomic E-state index is 0. The van der Waals surface area contributed by atoms with Crippen molar-refractivity contribution in [3.05, 3.63) is 48.9 Å². The highest BCUT2D eigenvalue weighted by atomic mass is 127. The minimum atomic E-state index is -3.55. The van der Waals surface area contributed by atoms with E-state index in [-0.39, 0.29) is 35.4 Å². The average molecular weight is 531 g/mol. The summed E-state index contributed by atoms with van der Waals surface area (Å²) < 4.78 is 26.9. The number of rotatable bonds is 6. The second-order valence-electron chi connectivity index (χ2n) is 6.22. The number of halogens is 1. The van der Waals surface area contributed by atoms with Gasteiger partial charge in [0.05, 0.1) is 0 Å². The maximum atomic E-state index is 12.2. The molecular formula is C18H26IN7O2S. The summed E-state index contributed by atoms with van der Waals surface area (Å²) in [6.07, 6.45) is 4.67. The zero-order chi connectivity index (χ0) is 19.8. The van der Waals surface area contributed by atoms with E-state index in [4.69, 9.17) is 0 Å². The van der Waals surface area contributed by atoms with Crippen LogP contribution < -0.4 is 14.9 Å². The van der Waals surface area contributed by atoms with Gasteiger partial charge in [0, 0.05) is 64.9 Å². The van der Waals surface area contributed by atoms with Crippen molar-refractivity contribution in [2.24, 2.45) is 4.99 Å². The first kappa shape index (κ1) is 23.3. The summed E-state index contributed by atoms with van der Waals surface area (Å²) in [4.78, 5) is 17.1. The fourth-order valence-corrected chi connectivity index (χ4v) is 3.96. The van der Waals surface area contributed by atoms with Crippen LogP contribution in [0.5, 0.6) is 0 Å². The van der Waals surface area contributed by atoms with E-state index in [1.165, 1.54) is 18.5 Å². The fraction of sp³-hybridized carbons (Fsp3) is 0.389. The molecule has 0 bridgehead atoms. The maximum Gasteiger partial charge on any atom is 0.242 e. The van der Waals surface area contributed by atoms with Crippen LogP contribution in [0.1, 0.15) is 0 Å². The largest absolute Gasteiger partial charge is 0.355 e. The van der Waals surface area contributed by atoms with Crippen LogP contribution in [0.25, 0.3) is 0 Å². The molecule has 0 saturated carbocycles. The molecule has 1 aliphatic heterocycles. The SMILES string of the molecule is CN=C(NCCNS(=O)(=O)c1cccnc1)N1CCN(c2ccccn2)CC1.I. The zero-order valence-corrected chi connectivity index (χ0v) is 19.4. The number of aliphatic imine (C=N–C) groups is 1. The molecule has 158 valence electrons. The van der Waals surface area contributed by atoms with Crippen LogP contribution in [0.15, 0.2) is 58.8 Å². The van der Waals surface area contributed by atoms with Gasteiger partial charge in [-0.25, -0.2) is 18.1 Å². The molecule has 2 aromatic heterocycles. The van der Waals surface area contributed by atoms with Crippen LogP contribution in [-0.2, 0) is 10.0 Å². The van der Waals surface area contributed by atoms with Gasteiger partial charge in [0.1, 0.15) is 10.7 Å². The lowest BCUT2D eigenvalue weighted by Crippen LogP contribution is -2.53. The smallest absolute Gasteiger partial charge is 0.242 e. The summed E-state index contributed by atoms with van der Waals surface area (Å²) in [5, 5.41) is 3.22. The molecular weight excluding hydrogens is 505 g/mol. The number of piperazine rings is 1. The number of hydrogen-bond acceptors (Lipinski definition) is 6. The fourth-order valence-electron chi connectivity index (χ4n) is 2.97. The third-order valence-electron chi connectivity index (χ3n) is 4.41. The van der Waals surface area contributed by atoms with Crippen LogP contribution in [0.4, 0.5) is 5.82 Å². The van der Waals surface area contributed by atoms with Gasteiger partial charge in [0.25, 0.3) is 0 Å². The second-order valence-corrected chi connectivity index (χ2v) is 7.99. The van der Waals surface area contributed by atoms with E-state index in [0.717, 1.165) is 38.0 Å². The Labute approximate surface area is 188 Å². The lowest BCUT2D eigenvalue weighted by Gasteiger charge is -2.37. The van der Waals surface area contributed by atoms with Crippen LogP contribution in [0.3, 0.4) is 0 Å². The molecule has 0 atom stereocenters. The molecule has 2 aromatic rings. The number of pyridine rings is 2. The first-order valence-electron chi connectivity index (χ1n) is 9.11. The monoisotopic (exact) mass is 531 g/mol. The average Bonchev–Trinajstić information content (AvgIpc) is 2.75. The molecule has 3 rings (SSSR count). The van der Waals surface area contributed by atoms with Crippen LogP contribution >= 0.6 is 24.0 Å². The van der Waals surface area contributed by atoms with E-state index in [1.54, 1.807) is 19.3 Å². The predicted molar refractivity (Wildman–Crippen MR) is 124 cm³/mol. The molecule has 0 aliphatic carbocycles. The van der Waals surface area contributed by atoms with Crippen molar-refractivity contribution in [3.63, 3.8) is 0 Å². The Morgan fingerprint density at radius 1 is 1.10 bits per heavy atom. The standard InChI is InChI=1S/C18H25N7O2S.HI/c1-19-18(22-9-10-23-28(26,27)16-5-4-7-20-15-16)25-13-11-24(12-14-25)17-6-2-3-8-21-17;/h2-8,15,23H,9-14H2,1H3,(H,19,22);1H. The summed E-state index contributed by atoms with van der Waals surface area (Å²) in [6.45, 7) is 4.03. The van der Waals surface area contributed by atoms with Crippen molar-refractivity contribution in [2.75, 3.05) is 51.2 Å². The van der Waals surface area contributed by atoms with Gasteiger partial charge < -0.3 is 15.1 Å². The van der Waals surface area contributed by atoms with Crippen LogP contribution in [0.2, 0.25) is 0 Å². The normalized spacial score (nSPS) is 15.0. The van der Waals surface area contributed by atoms with E-state index < -0.39 is 10.0 Å². The van der Waals surface area contributed by atoms with Gasteiger partial charge in [-0.1, -0.05) is 6.07 Å². The number of nitrogens with one attached hydrogen (secondary N) is 2. The highest BCUT2D eigenvalue weighted by Gasteiger charge is 2.20. The zero-order valence-electron chi connectivity index (χ0n) is 16.2. The van der Waals surface area contributed by atoms with E-state index >= 15 is 0 Å². The Hall–Kier alpha value is -1.99. The molecule has 29 heavy (non-hydrogen) atoms. The van der Waals surface area contributed by atoms with Crippen LogP contribution in [0, 0.1) is 0 Å². The molecule has 1 fully saturated rings. The van der Waals surface area contributed by atoms with Gasteiger partial charge in [0.2, 0.25) is 10.0 Å². The highest BCUT2D eigenvalue weighted by molar-refractivity contribution is 14.0. The van der Waals surface area contributed by atoms with E-state index in [2.05, 4.69) is 34.8 Å². The van der Waals surface area contributed by atoms with Gasteiger partial charge in [-0.15, -0.1) is 24.0 Å². The highest BCUT2D eigenvalue weighted by Crippen LogP contribution is 2.12. The number of sulfonamides is 1. The number of hydrogen-bond donors (Lipinski definition) is 2. The Kier molecular flexibility index (Phi) is 9.04. The third-order valence-corrected chi connectivity index (χ3v) is 5.86. The lowest BCUT2D eigenvalue weighted by atomic mass is 10.3. The van der Waals surface area contributed by atoms with Crippen molar-refractivity contribution >= 4 is 45.8 Å². The third kappa shape index (κ3) is 6.51. The van der Waals surface area contributed by atoms with Gasteiger partial charge in [-0.3, -0.25) is 9.98 Å². The maximum absolute atomic E-state index is 12.2. The minimum Gasteiger partial charge on any atom is -0.355 e. The van der Waals surface area contributed by atoms with E-state index in [9.17, 15) is 8.42 Å². The topological polar surface area (TPSA) is 103 Å². The second kappa shape index (κ2) is 11.3. The summed E-state index contributed by atoms with van der Waals surface area (Å²) in [5.74, 6) is 1.75. The quantitative estimate of drug-likeness (QED) is 0.246. The Morgan fingerprint density at radius 3 is 2.52 bits per heavy atom. The summed E-state index contributed by atoms with van der Waals surface area (Å²) in [6, 6.07) is 9.02. The van der Waals surface area contributed by atoms with E-state index in [1.807, 2.05) is 18.2 Å². The number of nitrogens with zero attached hydrogens (tertiary/aromatic N) is 5. The van der Waals surface area contributed by atoms with Gasteiger partial charge >= 0.3 is 0 Å². The summed E-state index contributed by atoms with van der Waals surface area (Å²) >= 11 is 0. The first-order valence-corrected chi connectivity index (χ1v) is 10.6. The molecule has 11 heteroatoms. The van der Waals surface area contributed by atoms with Crippen molar-refractivity contribution in [1.29, 1.82) is 0 Å². The molecule has 0 unspecified atom stereocenters. The molecule has 3 heterocycles. The molecule has 0 spiro atoms. The molecule has 0 aromatic carbocycles. The first-order chi connectivity index (χ1) is 13.6.